The van der Waals surface area contributed by atoms with E-state index in [1.165, 1.54) is 6.20 Å². The summed E-state index contributed by atoms with van der Waals surface area (Å²) >= 11 is 0. The maximum Gasteiger partial charge on any atom is 0.419 e. The van der Waals surface area contributed by atoms with Crippen LogP contribution in [0.3, 0.4) is 0 Å². The fourth-order valence-corrected chi connectivity index (χ4v) is 3.36. The van der Waals surface area contributed by atoms with Crippen molar-refractivity contribution >= 4 is 23.2 Å². The standard InChI is InChI=1S/C21H14F3N9O/c22-21(23,24)15-7-14(8-26-18(15)25)13-4-5-17-27-16(10-33(17)9-13)28-20(34)12-3-1-2-11(6-12)19-29-31-32-30-19/h1-10H,(H2,25,26)(H,28,34)(H,29,30,31,32). The van der Waals surface area contributed by atoms with Gasteiger partial charge in [-0.05, 0) is 35.5 Å². The average Bonchev–Trinajstić information content (AvgIpc) is 3.48. The number of amides is 1. The highest BCUT2D eigenvalue weighted by Gasteiger charge is 2.34. The number of hydrogen-bond acceptors (Lipinski definition) is 7. The van der Waals surface area contributed by atoms with E-state index in [0.717, 1.165) is 6.07 Å². The molecular formula is C21H14F3N9O. The molecule has 0 spiro atoms. The summed E-state index contributed by atoms with van der Waals surface area (Å²) in [5.74, 6) is -0.390. The lowest BCUT2D eigenvalue weighted by Gasteiger charge is -2.11. The van der Waals surface area contributed by atoms with Gasteiger partial charge in [-0.15, -0.1) is 10.2 Å². The Bertz CT molecular complexity index is 1510. The van der Waals surface area contributed by atoms with E-state index in [4.69, 9.17) is 5.73 Å². The lowest BCUT2D eigenvalue weighted by molar-refractivity contribution is -0.137. The molecule has 4 heterocycles. The lowest BCUT2D eigenvalue weighted by atomic mass is 10.1. The first kappa shape index (κ1) is 21.1. The number of hydrogen-bond donors (Lipinski definition) is 3. The molecule has 34 heavy (non-hydrogen) atoms. The number of nitrogen functional groups attached to an aromatic ring is 1. The van der Waals surface area contributed by atoms with Crippen LogP contribution in [0.1, 0.15) is 15.9 Å². The number of anilines is 2. The largest absolute Gasteiger partial charge is 0.419 e. The highest BCUT2D eigenvalue weighted by molar-refractivity contribution is 6.04. The molecule has 0 saturated carbocycles. The lowest BCUT2D eigenvalue weighted by Crippen LogP contribution is -2.12. The molecule has 5 rings (SSSR count). The summed E-state index contributed by atoms with van der Waals surface area (Å²) in [5.41, 5.74) is 6.52. The predicted octanol–water partition coefficient (Wildman–Crippen LogP) is 3.43. The van der Waals surface area contributed by atoms with E-state index >= 15 is 0 Å². The molecule has 170 valence electrons. The van der Waals surface area contributed by atoms with Crippen LogP contribution < -0.4 is 11.1 Å². The number of benzene rings is 1. The van der Waals surface area contributed by atoms with Crippen molar-refractivity contribution < 1.29 is 18.0 Å². The number of nitrogens with zero attached hydrogens (tertiary/aromatic N) is 6. The van der Waals surface area contributed by atoms with Gasteiger partial charge in [-0.3, -0.25) is 4.79 Å². The second kappa shape index (κ2) is 7.95. The van der Waals surface area contributed by atoms with Gasteiger partial charge in [0.1, 0.15) is 11.5 Å². The van der Waals surface area contributed by atoms with Crippen molar-refractivity contribution in [2.24, 2.45) is 0 Å². The first-order valence-corrected chi connectivity index (χ1v) is 9.75. The summed E-state index contributed by atoms with van der Waals surface area (Å²) in [4.78, 5) is 20.7. The number of carbonyl (C=O) groups is 1. The fourth-order valence-electron chi connectivity index (χ4n) is 3.36. The van der Waals surface area contributed by atoms with Crippen LogP contribution in [0.2, 0.25) is 0 Å². The van der Waals surface area contributed by atoms with Gasteiger partial charge in [-0.1, -0.05) is 12.1 Å². The fraction of sp³-hybridized carbons (Fsp3) is 0.0476. The van der Waals surface area contributed by atoms with Gasteiger partial charge in [0.15, 0.2) is 5.82 Å². The molecule has 10 nitrogen and oxygen atoms in total. The number of aromatic amines is 1. The van der Waals surface area contributed by atoms with Crippen LogP contribution in [-0.2, 0) is 6.18 Å². The Balaban J connectivity index is 1.41. The van der Waals surface area contributed by atoms with Gasteiger partial charge in [-0.2, -0.15) is 18.4 Å². The maximum absolute atomic E-state index is 13.2. The van der Waals surface area contributed by atoms with E-state index in [1.54, 1.807) is 53.2 Å². The number of nitrogens with two attached hydrogens (primary N) is 1. The van der Waals surface area contributed by atoms with Crippen molar-refractivity contribution in [3.05, 3.63) is 72.2 Å². The molecule has 13 heteroatoms. The first-order chi connectivity index (χ1) is 16.3. The van der Waals surface area contributed by atoms with Gasteiger partial charge in [0.05, 0.1) is 11.8 Å². The molecule has 1 amide bonds. The van der Waals surface area contributed by atoms with Gasteiger partial charge in [0.2, 0.25) is 5.82 Å². The van der Waals surface area contributed by atoms with Crippen molar-refractivity contribution in [1.82, 2.24) is 35.0 Å². The van der Waals surface area contributed by atoms with E-state index in [1.807, 2.05) is 0 Å². The third kappa shape index (κ3) is 4.01. The number of carbonyl (C=O) groups excluding carboxylic acids is 1. The van der Waals surface area contributed by atoms with Gasteiger partial charge < -0.3 is 15.5 Å². The van der Waals surface area contributed by atoms with E-state index < -0.39 is 23.5 Å². The zero-order valence-electron chi connectivity index (χ0n) is 17.1. The third-order valence-electron chi connectivity index (χ3n) is 4.98. The number of tetrazole rings is 1. The highest BCUT2D eigenvalue weighted by Crippen LogP contribution is 2.35. The summed E-state index contributed by atoms with van der Waals surface area (Å²) in [6, 6.07) is 10.8. The Morgan fingerprint density at radius 1 is 1.06 bits per heavy atom. The topological polar surface area (TPSA) is 140 Å². The van der Waals surface area contributed by atoms with Crippen molar-refractivity contribution in [3.8, 4) is 22.5 Å². The van der Waals surface area contributed by atoms with Crippen molar-refractivity contribution in [2.75, 3.05) is 11.1 Å². The molecule has 4 aromatic heterocycles. The van der Waals surface area contributed by atoms with E-state index in [0.29, 0.717) is 28.2 Å². The molecular weight excluding hydrogens is 451 g/mol. The summed E-state index contributed by atoms with van der Waals surface area (Å²) in [6.07, 6.45) is -0.218. The minimum absolute atomic E-state index is 0.237. The molecule has 0 unspecified atom stereocenters. The van der Waals surface area contributed by atoms with Crippen molar-refractivity contribution in [1.29, 1.82) is 0 Å². The number of nitrogens with one attached hydrogen (secondary N) is 2. The summed E-state index contributed by atoms with van der Waals surface area (Å²) in [7, 11) is 0. The van der Waals surface area contributed by atoms with E-state index in [-0.39, 0.29) is 11.4 Å². The number of imidazole rings is 1. The predicted molar refractivity (Wildman–Crippen MR) is 115 cm³/mol. The molecule has 4 N–H and O–H groups in total. The smallest absolute Gasteiger partial charge is 0.383 e. The number of fused-ring (bicyclic) bond motifs is 1. The molecule has 0 fully saturated rings. The molecule has 0 atom stereocenters. The van der Waals surface area contributed by atoms with Crippen LogP contribution in [0, 0.1) is 0 Å². The highest BCUT2D eigenvalue weighted by atomic mass is 19.4. The zero-order chi connectivity index (χ0) is 23.9. The molecule has 0 aliphatic rings. The Morgan fingerprint density at radius 2 is 1.91 bits per heavy atom. The van der Waals surface area contributed by atoms with Gasteiger partial charge in [0, 0.05) is 34.6 Å². The van der Waals surface area contributed by atoms with Crippen LogP contribution in [0.5, 0.6) is 0 Å². The molecule has 0 aliphatic carbocycles. The second-order valence-electron chi connectivity index (χ2n) is 7.23. The Labute approximate surface area is 188 Å². The third-order valence-corrected chi connectivity index (χ3v) is 4.98. The maximum atomic E-state index is 13.2. The Hall–Kier alpha value is -4.81. The number of H-pyrrole nitrogens is 1. The quantitative estimate of drug-likeness (QED) is 0.369. The van der Waals surface area contributed by atoms with Gasteiger partial charge in [-0.25, -0.2) is 9.97 Å². The van der Waals surface area contributed by atoms with Crippen LogP contribution in [0.15, 0.2) is 61.1 Å². The Morgan fingerprint density at radius 3 is 2.68 bits per heavy atom. The van der Waals surface area contributed by atoms with Crippen LogP contribution >= 0.6 is 0 Å². The minimum atomic E-state index is -4.62. The second-order valence-corrected chi connectivity index (χ2v) is 7.23. The number of pyridine rings is 2. The monoisotopic (exact) mass is 465 g/mol. The minimum Gasteiger partial charge on any atom is -0.383 e. The Kier molecular flexibility index (Phi) is 4.93. The van der Waals surface area contributed by atoms with Crippen molar-refractivity contribution in [3.63, 3.8) is 0 Å². The normalized spacial score (nSPS) is 11.6. The average molecular weight is 465 g/mol. The summed E-state index contributed by atoms with van der Waals surface area (Å²) in [5, 5.41) is 16.3. The van der Waals surface area contributed by atoms with Crippen LogP contribution in [-0.4, -0.2) is 40.9 Å². The van der Waals surface area contributed by atoms with Crippen LogP contribution in [0.4, 0.5) is 24.8 Å². The van der Waals surface area contributed by atoms with Crippen molar-refractivity contribution in [2.45, 2.75) is 6.18 Å². The molecule has 0 radical (unpaired) electrons. The number of halogens is 3. The van der Waals surface area contributed by atoms with Gasteiger partial charge >= 0.3 is 6.18 Å². The first-order valence-electron chi connectivity index (χ1n) is 9.75. The number of alkyl halides is 3. The van der Waals surface area contributed by atoms with Gasteiger partial charge in [0.25, 0.3) is 5.91 Å². The van der Waals surface area contributed by atoms with E-state index in [2.05, 4.69) is 35.9 Å². The molecule has 1 aromatic carbocycles. The van der Waals surface area contributed by atoms with E-state index in [9.17, 15) is 18.0 Å². The molecule has 0 aliphatic heterocycles. The van der Waals surface area contributed by atoms with Crippen LogP contribution in [0.25, 0.3) is 28.2 Å². The SMILES string of the molecule is Nc1ncc(-c2ccc3nc(NC(=O)c4cccc(-c5nn[nH]n5)c4)cn3c2)cc1C(F)(F)F. The summed E-state index contributed by atoms with van der Waals surface area (Å²) < 4.78 is 41.1. The molecule has 0 saturated heterocycles. The zero-order valence-corrected chi connectivity index (χ0v) is 17.1. The number of aromatic nitrogens is 7. The molecule has 0 bridgehead atoms. The summed E-state index contributed by atoms with van der Waals surface area (Å²) in [6.45, 7) is 0. The molecule has 5 aromatic rings. The number of rotatable bonds is 4.